The third-order valence-electron chi connectivity index (χ3n) is 4.05. The summed E-state index contributed by atoms with van der Waals surface area (Å²) < 4.78 is 40.2. The Balaban J connectivity index is 1.97. The lowest BCUT2D eigenvalue weighted by Gasteiger charge is -2.31. The fraction of sp³-hybridized carbons (Fsp3) is 0.222. The van der Waals surface area contributed by atoms with Crippen molar-refractivity contribution in [2.75, 3.05) is 0 Å². The van der Waals surface area contributed by atoms with Crippen molar-refractivity contribution in [3.8, 4) is 0 Å². The minimum absolute atomic E-state index is 0.158. The van der Waals surface area contributed by atoms with E-state index in [-0.39, 0.29) is 12.0 Å². The van der Waals surface area contributed by atoms with Crippen LogP contribution < -0.4 is 0 Å². The van der Waals surface area contributed by atoms with E-state index in [2.05, 4.69) is 21.0 Å². The zero-order valence-electron chi connectivity index (χ0n) is 13.4. The molecule has 2 aromatic rings. The first-order valence-corrected chi connectivity index (χ1v) is 8.49. The van der Waals surface area contributed by atoms with Crippen molar-refractivity contribution in [1.29, 1.82) is 0 Å². The summed E-state index contributed by atoms with van der Waals surface area (Å²) in [5.74, 6) is -0.721. The summed E-state index contributed by atoms with van der Waals surface area (Å²) >= 11 is 3.23. The van der Waals surface area contributed by atoms with E-state index in [0.717, 1.165) is 0 Å². The highest BCUT2D eigenvalue weighted by Crippen LogP contribution is 2.40. The number of carbonyl (C=O) groups is 1. The van der Waals surface area contributed by atoms with Crippen molar-refractivity contribution in [3.63, 3.8) is 0 Å². The van der Waals surface area contributed by atoms with Crippen LogP contribution in [0.2, 0.25) is 0 Å². The second kappa shape index (κ2) is 6.85. The van der Waals surface area contributed by atoms with Crippen LogP contribution in [0.3, 0.4) is 0 Å². The first kappa shape index (κ1) is 18.6. The fourth-order valence-corrected chi connectivity index (χ4v) is 3.02. The minimum atomic E-state index is -4.73. The summed E-state index contributed by atoms with van der Waals surface area (Å²) in [5, 5.41) is 14.9. The Bertz CT molecular complexity index is 838. The molecule has 0 unspecified atom stereocenters. The monoisotopic (exact) mass is 426 g/mol. The molecule has 2 aromatic carbocycles. The van der Waals surface area contributed by atoms with Gasteiger partial charge in [-0.25, -0.2) is 0 Å². The Hall–Kier alpha value is -2.19. The van der Waals surface area contributed by atoms with Gasteiger partial charge < -0.3 is 5.11 Å². The normalized spacial score (nSPS) is 20.2. The largest absolute Gasteiger partial charge is 0.431 e. The number of amides is 1. The third-order valence-corrected chi connectivity index (χ3v) is 4.58. The van der Waals surface area contributed by atoms with E-state index in [1.807, 2.05) is 0 Å². The lowest BCUT2D eigenvalue weighted by Crippen LogP contribution is -2.44. The number of hydrogen-bond donors (Lipinski definition) is 1. The van der Waals surface area contributed by atoms with Crippen LogP contribution in [0.25, 0.3) is 0 Å². The number of hydrogen-bond acceptors (Lipinski definition) is 3. The number of alkyl halides is 3. The van der Waals surface area contributed by atoms with Gasteiger partial charge >= 0.3 is 6.18 Å². The first-order chi connectivity index (χ1) is 12.2. The molecule has 136 valence electrons. The quantitative estimate of drug-likeness (QED) is 0.806. The lowest BCUT2D eigenvalue weighted by atomic mass is 9.96. The topological polar surface area (TPSA) is 52.9 Å². The maximum Gasteiger partial charge on any atom is 0.431 e. The highest BCUT2D eigenvalue weighted by atomic mass is 79.9. The molecule has 0 spiro atoms. The highest BCUT2D eigenvalue weighted by molar-refractivity contribution is 9.10. The molecule has 0 saturated heterocycles. The summed E-state index contributed by atoms with van der Waals surface area (Å²) in [5.41, 5.74) is -2.60. The Morgan fingerprint density at radius 3 is 2.35 bits per heavy atom. The average Bonchev–Trinajstić information content (AvgIpc) is 2.95. The van der Waals surface area contributed by atoms with E-state index in [9.17, 15) is 23.1 Å². The van der Waals surface area contributed by atoms with Crippen molar-refractivity contribution < 1.29 is 23.1 Å². The minimum Gasteiger partial charge on any atom is -0.365 e. The van der Waals surface area contributed by atoms with Gasteiger partial charge in [0.15, 0.2) is 5.72 Å². The average molecular weight is 427 g/mol. The van der Waals surface area contributed by atoms with E-state index in [4.69, 9.17) is 0 Å². The Morgan fingerprint density at radius 1 is 1.15 bits per heavy atom. The van der Waals surface area contributed by atoms with E-state index in [1.54, 1.807) is 42.5 Å². The number of halogens is 4. The molecule has 0 aromatic heterocycles. The molecule has 1 aliphatic heterocycles. The summed E-state index contributed by atoms with van der Waals surface area (Å²) in [6, 6.07) is 14.7. The van der Waals surface area contributed by atoms with Crippen LogP contribution in [-0.2, 0) is 16.9 Å². The van der Waals surface area contributed by atoms with Gasteiger partial charge in [0.25, 0.3) is 0 Å². The second-order valence-corrected chi connectivity index (χ2v) is 6.83. The summed E-state index contributed by atoms with van der Waals surface area (Å²) in [6.45, 7) is 0. The van der Waals surface area contributed by atoms with Crippen LogP contribution in [0.4, 0.5) is 13.2 Å². The molecule has 1 amide bonds. The molecular weight excluding hydrogens is 413 g/mol. The van der Waals surface area contributed by atoms with Gasteiger partial charge in [0, 0.05) is 10.0 Å². The van der Waals surface area contributed by atoms with E-state index < -0.39 is 29.9 Å². The van der Waals surface area contributed by atoms with Crippen molar-refractivity contribution in [2.45, 2.75) is 24.7 Å². The molecule has 0 saturated carbocycles. The van der Waals surface area contributed by atoms with Crippen LogP contribution in [0.15, 0.2) is 64.2 Å². The Morgan fingerprint density at radius 2 is 1.77 bits per heavy atom. The molecule has 3 rings (SSSR count). The molecule has 8 heteroatoms. The highest BCUT2D eigenvalue weighted by Gasteiger charge is 2.52. The van der Waals surface area contributed by atoms with Gasteiger partial charge in [0.2, 0.25) is 5.91 Å². The number of hydrazone groups is 1. The fourth-order valence-electron chi connectivity index (χ4n) is 2.75. The first-order valence-electron chi connectivity index (χ1n) is 7.70. The van der Waals surface area contributed by atoms with Gasteiger partial charge in [-0.2, -0.15) is 23.3 Å². The molecule has 1 N–H and O–H groups in total. The summed E-state index contributed by atoms with van der Waals surface area (Å²) in [4.78, 5) is 12.6. The van der Waals surface area contributed by atoms with Crippen LogP contribution in [0.1, 0.15) is 17.5 Å². The molecule has 0 aliphatic carbocycles. The van der Waals surface area contributed by atoms with Gasteiger partial charge in [-0.1, -0.05) is 58.4 Å². The van der Waals surface area contributed by atoms with Crippen molar-refractivity contribution in [2.24, 2.45) is 5.10 Å². The maximum absolute atomic E-state index is 13.2. The number of aliphatic hydroxyl groups is 1. The summed E-state index contributed by atoms with van der Waals surface area (Å²) in [6.07, 6.45) is -5.72. The molecular formula is C18H14BrF3N2O2. The third kappa shape index (κ3) is 3.66. The van der Waals surface area contributed by atoms with Gasteiger partial charge in [-0.3, -0.25) is 4.79 Å². The molecule has 0 radical (unpaired) electrons. The standard InChI is InChI=1S/C18H14BrF3N2O2/c19-14-8-6-13(7-9-14)17(26)11-15(18(20,21)22)23-24(17)16(25)10-12-4-2-1-3-5-12/h1-9,26H,10-11H2/t17-/m0/s1. The molecule has 0 fully saturated rings. The van der Waals surface area contributed by atoms with Crippen LogP contribution in [0, 0.1) is 0 Å². The molecule has 1 aliphatic rings. The molecule has 0 bridgehead atoms. The Labute approximate surface area is 156 Å². The zero-order valence-corrected chi connectivity index (χ0v) is 15.0. The smallest absolute Gasteiger partial charge is 0.365 e. The number of rotatable bonds is 3. The van der Waals surface area contributed by atoms with Crippen molar-refractivity contribution in [1.82, 2.24) is 5.01 Å². The predicted octanol–water partition coefficient (Wildman–Crippen LogP) is 3.99. The predicted molar refractivity (Wildman–Crippen MR) is 93.1 cm³/mol. The van der Waals surface area contributed by atoms with Gasteiger partial charge in [0.1, 0.15) is 5.71 Å². The second-order valence-electron chi connectivity index (χ2n) is 5.91. The van der Waals surface area contributed by atoms with Crippen molar-refractivity contribution in [3.05, 3.63) is 70.2 Å². The van der Waals surface area contributed by atoms with Gasteiger partial charge in [-0.15, -0.1) is 0 Å². The van der Waals surface area contributed by atoms with Crippen LogP contribution >= 0.6 is 15.9 Å². The van der Waals surface area contributed by atoms with Gasteiger partial charge in [-0.05, 0) is 17.7 Å². The van der Waals surface area contributed by atoms with Gasteiger partial charge in [0.05, 0.1) is 12.8 Å². The maximum atomic E-state index is 13.2. The molecule has 1 atom stereocenters. The van der Waals surface area contributed by atoms with Crippen LogP contribution in [0.5, 0.6) is 0 Å². The van der Waals surface area contributed by atoms with Crippen molar-refractivity contribution >= 4 is 27.5 Å². The number of nitrogens with zero attached hydrogens (tertiary/aromatic N) is 2. The molecule has 1 heterocycles. The van der Waals surface area contributed by atoms with E-state index in [1.165, 1.54) is 12.1 Å². The van der Waals surface area contributed by atoms with Crippen LogP contribution in [-0.4, -0.2) is 27.9 Å². The van der Waals surface area contributed by atoms with E-state index in [0.29, 0.717) is 15.0 Å². The number of benzene rings is 2. The molecule has 4 nitrogen and oxygen atoms in total. The zero-order chi connectivity index (χ0) is 18.9. The Kier molecular flexibility index (Phi) is 4.90. The van der Waals surface area contributed by atoms with E-state index >= 15 is 0 Å². The number of carbonyl (C=O) groups excluding carboxylic acids is 1. The lowest BCUT2D eigenvalue weighted by molar-refractivity contribution is -0.157. The summed E-state index contributed by atoms with van der Waals surface area (Å²) in [7, 11) is 0. The molecule has 26 heavy (non-hydrogen) atoms. The SMILES string of the molecule is O=C(Cc1ccccc1)N1N=C(C(F)(F)F)C[C@]1(O)c1ccc(Br)cc1.